The van der Waals surface area contributed by atoms with Crippen LogP contribution >= 0.6 is 0 Å². The second-order valence-corrected chi connectivity index (χ2v) is 9.65. The Morgan fingerprint density at radius 1 is 0.731 bits per heavy atom. The normalized spacial score (nSPS) is 30.8. The first-order valence-corrected chi connectivity index (χ1v) is 11.5. The van der Waals surface area contributed by atoms with E-state index in [2.05, 4.69) is 37.3 Å². The smallest absolute Gasteiger partial charge is 0.0228 e. The van der Waals surface area contributed by atoms with E-state index in [1.54, 1.807) is 31.3 Å². The third-order valence-corrected chi connectivity index (χ3v) is 7.82. The Kier molecular flexibility index (Phi) is 6.18. The molecule has 4 rings (SSSR count). The van der Waals surface area contributed by atoms with E-state index in [1.165, 1.54) is 68.9 Å². The Balaban J connectivity index is 1.23. The zero-order chi connectivity index (χ0) is 17.8. The van der Waals surface area contributed by atoms with E-state index >= 15 is 0 Å². The maximum Gasteiger partial charge on any atom is -0.0228 e. The standard InChI is InChI=1S/C26H38/c1-20-7-13-24(14-8-20)26-17-11-22(12-18-26)19-21-9-15-25(16-10-21)23-5-3-2-4-6-23/h7-8,13-14,17,21-23,25H,2-6,9-12,15-16,18-19H2,1H3. The van der Waals surface area contributed by atoms with Crippen LogP contribution in [0.3, 0.4) is 0 Å². The maximum absolute atomic E-state index is 2.56. The summed E-state index contributed by atoms with van der Waals surface area (Å²) >= 11 is 0. The van der Waals surface area contributed by atoms with Crippen molar-refractivity contribution in [3.63, 3.8) is 0 Å². The zero-order valence-electron chi connectivity index (χ0n) is 16.9. The van der Waals surface area contributed by atoms with Crippen LogP contribution in [0.25, 0.3) is 5.57 Å². The third kappa shape index (κ3) is 4.62. The predicted molar refractivity (Wildman–Crippen MR) is 113 cm³/mol. The molecule has 0 N–H and O–H groups in total. The molecule has 3 aliphatic rings. The van der Waals surface area contributed by atoms with Gasteiger partial charge in [0.1, 0.15) is 0 Å². The van der Waals surface area contributed by atoms with E-state index in [1.807, 2.05) is 0 Å². The SMILES string of the molecule is Cc1ccc(C2=CCC(CC3CCC(C4CCCCC4)CC3)CC2)cc1. The van der Waals surface area contributed by atoms with E-state index in [0.717, 1.165) is 23.7 Å². The molecule has 26 heavy (non-hydrogen) atoms. The van der Waals surface area contributed by atoms with E-state index in [-0.39, 0.29) is 0 Å². The van der Waals surface area contributed by atoms with Crippen LogP contribution in [-0.4, -0.2) is 0 Å². The summed E-state index contributed by atoms with van der Waals surface area (Å²) < 4.78 is 0. The lowest BCUT2D eigenvalue weighted by Crippen LogP contribution is -2.24. The second-order valence-electron chi connectivity index (χ2n) is 9.65. The van der Waals surface area contributed by atoms with Crippen LogP contribution in [0.1, 0.15) is 94.6 Å². The number of rotatable bonds is 4. The van der Waals surface area contributed by atoms with Gasteiger partial charge < -0.3 is 0 Å². The largest absolute Gasteiger partial charge is 0.0804 e. The Labute approximate surface area is 161 Å². The van der Waals surface area contributed by atoms with Crippen molar-refractivity contribution in [3.05, 3.63) is 41.5 Å². The van der Waals surface area contributed by atoms with Gasteiger partial charge in [0.15, 0.2) is 0 Å². The molecule has 0 radical (unpaired) electrons. The molecule has 2 fully saturated rings. The van der Waals surface area contributed by atoms with Gasteiger partial charge in [0.05, 0.1) is 0 Å². The average molecular weight is 351 g/mol. The van der Waals surface area contributed by atoms with Crippen molar-refractivity contribution in [1.82, 2.24) is 0 Å². The average Bonchev–Trinajstić information content (AvgIpc) is 2.71. The van der Waals surface area contributed by atoms with Crippen molar-refractivity contribution < 1.29 is 0 Å². The summed E-state index contributed by atoms with van der Waals surface area (Å²) in [5.74, 6) is 4.18. The molecule has 1 unspecified atom stereocenters. The first-order valence-electron chi connectivity index (χ1n) is 11.5. The molecular weight excluding hydrogens is 312 g/mol. The Hall–Kier alpha value is -1.04. The molecule has 0 saturated heterocycles. The summed E-state index contributed by atoms with van der Waals surface area (Å²) in [6.07, 6.45) is 21.9. The van der Waals surface area contributed by atoms with Crippen LogP contribution in [-0.2, 0) is 0 Å². The molecule has 3 aliphatic carbocycles. The monoisotopic (exact) mass is 350 g/mol. The summed E-state index contributed by atoms with van der Waals surface area (Å²) in [4.78, 5) is 0. The summed E-state index contributed by atoms with van der Waals surface area (Å²) in [5, 5.41) is 0. The van der Waals surface area contributed by atoms with E-state index in [4.69, 9.17) is 0 Å². The number of hydrogen-bond donors (Lipinski definition) is 0. The lowest BCUT2D eigenvalue weighted by atomic mass is 9.69. The van der Waals surface area contributed by atoms with Crippen LogP contribution in [0.2, 0.25) is 0 Å². The highest BCUT2D eigenvalue weighted by molar-refractivity contribution is 5.66. The van der Waals surface area contributed by atoms with Crippen molar-refractivity contribution in [2.45, 2.75) is 90.4 Å². The lowest BCUT2D eigenvalue weighted by molar-refractivity contribution is 0.153. The van der Waals surface area contributed by atoms with Crippen molar-refractivity contribution in [3.8, 4) is 0 Å². The molecule has 0 heterocycles. The number of aryl methyl sites for hydroxylation is 1. The van der Waals surface area contributed by atoms with E-state index in [9.17, 15) is 0 Å². The summed E-state index contributed by atoms with van der Waals surface area (Å²) in [7, 11) is 0. The number of allylic oxidation sites excluding steroid dienone is 2. The quantitative estimate of drug-likeness (QED) is 0.516. The maximum atomic E-state index is 2.56. The lowest BCUT2D eigenvalue weighted by Gasteiger charge is -2.37. The van der Waals surface area contributed by atoms with Crippen molar-refractivity contribution >= 4 is 5.57 Å². The second kappa shape index (κ2) is 8.77. The van der Waals surface area contributed by atoms with Crippen LogP contribution < -0.4 is 0 Å². The fourth-order valence-corrected chi connectivity index (χ4v) is 6.10. The van der Waals surface area contributed by atoms with Gasteiger partial charge in [0.25, 0.3) is 0 Å². The van der Waals surface area contributed by atoms with Gasteiger partial charge in [-0.05, 0) is 80.3 Å². The van der Waals surface area contributed by atoms with Gasteiger partial charge in [0, 0.05) is 0 Å². The highest BCUT2D eigenvalue weighted by atomic mass is 14.3. The first-order chi connectivity index (χ1) is 12.8. The van der Waals surface area contributed by atoms with Crippen LogP contribution in [0.4, 0.5) is 0 Å². The molecule has 0 nitrogen and oxygen atoms in total. The third-order valence-electron chi connectivity index (χ3n) is 7.82. The fourth-order valence-electron chi connectivity index (χ4n) is 6.10. The van der Waals surface area contributed by atoms with Crippen LogP contribution in [0.15, 0.2) is 30.3 Å². The minimum atomic E-state index is 0.959. The van der Waals surface area contributed by atoms with Gasteiger partial charge in [0.2, 0.25) is 0 Å². The fraction of sp³-hybridized carbons (Fsp3) is 0.692. The summed E-state index contributed by atoms with van der Waals surface area (Å²) in [6.45, 7) is 2.18. The molecule has 0 heteroatoms. The van der Waals surface area contributed by atoms with Gasteiger partial charge in [-0.2, -0.15) is 0 Å². The predicted octanol–water partition coefficient (Wildman–Crippen LogP) is 7.96. The molecule has 0 bridgehead atoms. The van der Waals surface area contributed by atoms with E-state index in [0.29, 0.717) is 0 Å². The molecule has 1 aromatic rings. The first kappa shape index (κ1) is 18.3. The summed E-state index contributed by atoms with van der Waals surface area (Å²) in [5.41, 5.74) is 4.43. The van der Waals surface area contributed by atoms with Crippen molar-refractivity contribution in [1.29, 1.82) is 0 Å². The van der Waals surface area contributed by atoms with Gasteiger partial charge in [-0.25, -0.2) is 0 Å². The number of hydrogen-bond acceptors (Lipinski definition) is 0. The Morgan fingerprint density at radius 3 is 2.08 bits per heavy atom. The molecule has 0 aromatic heterocycles. The highest BCUT2D eigenvalue weighted by Gasteiger charge is 2.29. The van der Waals surface area contributed by atoms with Gasteiger partial charge in [-0.1, -0.05) is 80.9 Å². The van der Waals surface area contributed by atoms with Crippen molar-refractivity contribution in [2.75, 3.05) is 0 Å². The van der Waals surface area contributed by atoms with Gasteiger partial charge in [-0.3, -0.25) is 0 Å². The number of benzene rings is 1. The molecule has 142 valence electrons. The zero-order valence-corrected chi connectivity index (χ0v) is 16.9. The molecule has 2 saturated carbocycles. The molecule has 0 amide bonds. The van der Waals surface area contributed by atoms with E-state index < -0.39 is 0 Å². The van der Waals surface area contributed by atoms with Gasteiger partial charge >= 0.3 is 0 Å². The van der Waals surface area contributed by atoms with Crippen LogP contribution in [0, 0.1) is 30.6 Å². The summed E-state index contributed by atoms with van der Waals surface area (Å²) in [6, 6.07) is 9.14. The minimum absolute atomic E-state index is 0.959. The molecular formula is C26H38. The Bertz CT molecular complexity index is 579. The topological polar surface area (TPSA) is 0 Å². The van der Waals surface area contributed by atoms with Crippen LogP contribution in [0.5, 0.6) is 0 Å². The molecule has 1 atom stereocenters. The van der Waals surface area contributed by atoms with Gasteiger partial charge in [-0.15, -0.1) is 0 Å². The molecule has 1 aromatic carbocycles. The molecule has 0 spiro atoms. The molecule has 0 aliphatic heterocycles. The van der Waals surface area contributed by atoms with Crippen molar-refractivity contribution in [2.24, 2.45) is 23.7 Å². The minimum Gasteiger partial charge on any atom is -0.0804 e. The highest BCUT2D eigenvalue weighted by Crippen LogP contribution is 2.43. The Morgan fingerprint density at radius 2 is 1.42 bits per heavy atom.